The molecule has 0 spiro atoms. The molecule has 2 amide bonds. The zero-order chi connectivity index (χ0) is 15.8. The van der Waals surface area contributed by atoms with E-state index in [1.54, 1.807) is 0 Å². The third-order valence-corrected chi connectivity index (χ3v) is 4.54. The Kier molecular flexibility index (Phi) is 3.59. The van der Waals surface area contributed by atoms with Crippen LogP contribution in [-0.2, 0) is 16.1 Å². The Labute approximate surface area is 134 Å². The lowest BCUT2D eigenvalue weighted by atomic mass is 10.3. The van der Waals surface area contributed by atoms with Crippen molar-refractivity contribution < 1.29 is 9.59 Å². The van der Waals surface area contributed by atoms with Crippen molar-refractivity contribution in [2.24, 2.45) is 0 Å². The number of fused-ring (bicyclic) bond motifs is 1. The first-order valence-corrected chi connectivity index (χ1v) is 7.96. The lowest BCUT2D eigenvalue weighted by Gasteiger charge is -2.38. The SMILES string of the molecule is O=C1CCC(=O)N1N1CCN(Cc2cnc3ccccn23)CC1. The smallest absolute Gasteiger partial charge is 0.244 e. The third-order valence-electron chi connectivity index (χ3n) is 4.54. The lowest BCUT2D eigenvalue weighted by Crippen LogP contribution is -2.55. The summed E-state index contributed by atoms with van der Waals surface area (Å²) in [4.78, 5) is 30.4. The van der Waals surface area contributed by atoms with Crippen LogP contribution in [0.25, 0.3) is 5.65 Å². The molecule has 0 aromatic carbocycles. The number of piperazine rings is 1. The van der Waals surface area contributed by atoms with Crippen molar-refractivity contribution in [2.45, 2.75) is 19.4 Å². The molecule has 0 saturated carbocycles. The molecule has 2 aliphatic heterocycles. The molecule has 0 unspecified atom stereocenters. The van der Waals surface area contributed by atoms with Gasteiger partial charge in [0.05, 0.1) is 11.9 Å². The number of aromatic nitrogens is 2. The van der Waals surface area contributed by atoms with Gasteiger partial charge in [-0.25, -0.2) is 15.0 Å². The number of hydrazine groups is 1. The quantitative estimate of drug-likeness (QED) is 0.773. The normalized spacial score (nSPS) is 20.8. The van der Waals surface area contributed by atoms with E-state index in [0.29, 0.717) is 25.9 Å². The fraction of sp³-hybridized carbons (Fsp3) is 0.438. The summed E-state index contributed by atoms with van der Waals surface area (Å²) >= 11 is 0. The molecule has 4 rings (SSSR count). The highest BCUT2D eigenvalue weighted by atomic mass is 16.2. The number of carbonyl (C=O) groups excluding carboxylic acids is 2. The monoisotopic (exact) mass is 313 g/mol. The van der Waals surface area contributed by atoms with Crippen LogP contribution in [0.5, 0.6) is 0 Å². The van der Waals surface area contributed by atoms with Crippen molar-refractivity contribution >= 4 is 17.5 Å². The summed E-state index contributed by atoms with van der Waals surface area (Å²) in [6.45, 7) is 3.89. The minimum absolute atomic E-state index is 0.0646. The summed E-state index contributed by atoms with van der Waals surface area (Å²) in [7, 11) is 0. The Bertz CT molecular complexity index is 732. The summed E-state index contributed by atoms with van der Waals surface area (Å²) in [5.74, 6) is -0.129. The summed E-state index contributed by atoms with van der Waals surface area (Å²) in [5, 5.41) is 3.24. The van der Waals surface area contributed by atoms with Crippen LogP contribution in [0.15, 0.2) is 30.6 Å². The number of imidazole rings is 1. The van der Waals surface area contributed by atoms with Crippen LogP contribution < -0.4 is 0 Å². The van der Waals surface area contributed by atoms with E-state index in [0.717, 1.165) is 31.0 Å². The van der Waals surface area contributed by atoms with Gasteiger partial charge in [0.2, 0.25) is 11.8 Å². The average molecular weight is 313 g/mol. The number of hydrogen-bond acceptors (Lipinski definition) is 5. The van der Waals surface area contributed by atoms with Crippen LogP contribution in [0.4, 0.5) is 0 Å². The van der Waals surface area contributed by atoms with E-state index in [1.165, 1.54) is 5.01 Å². The molecule has 7 heteroatoms. The standard InChI is InChI=1S/C16H19N5O2/c22-15-4-5-16(23)21(15)19-9-7-18(8-10-19)12-13-11-17-14-3-1-2-6-20(13)14/h1-3,6,11H,4-5,7-10,12H2. The molecule has 4 heterocycles. The third kappa shape index (κ3) is 2.62. The van der Waals surface area contributed by atoms with Crippen LogP contribution in [0.2, 0.25) is 0 Å². The molecular weight excluding hydrogens is 294 g/mol. The number of carbonyl (C=O) groups is 2. The van der Waals surface area contributed by atoms with Crippen molar-refractivity contribution in [1.29, 1.82) is 0 Å². The number of amides is 2. The van der Waals surface area contributed by atoms with Gasteiger partial charge in [0.15, 0.2) is 0 Å². The van der Waals surface area contributed by atoms with Gasteiger partial charge in [0.25, 0.3) is 0 Å². The lowest BCUT2D eigenvalue weighted by molar-refractivity contribution is -0.160. The summed E-state index contributed by atoms with van der Waals surface area (Å²) in [6, 6.07) is 5.97. The maximum absolute atomic E-state index is 11.8. The highest BCUT2D eigenvalue weighted by Crippen LogP contribution is 2.17. The second kappa shape index (κ2) is 5.75. The van der Waals surface area contributed by atoms with Gasteiger partial charge in [-0.3, -0.25) is 14.5 Å². The van der Waals surface area contributed by atoms with E-state index >= 15 is 0 Å². The Morgan fingerprint density at radius 1 is 1.00 bits per heavy atom. The molecule has 120 valence electrons. The predicted octanol–water partition coefficient (Wildman–Crippen LogP) is 0.516. The van der Waals surface area contributed by atoms with E-state index < -0.39 is 0 Å². The molecule has 23 heavy (non-hydrogen) atoms. The van der Waals surface area contributed by atoms with E-state index in [4.69, 9.17) is 0 Å². The molecule has 2 fully saturated rings. The van der Waals surface area contributed by atoms with Gasteiger partial charge in [-0.1, -0.05) is 6.07 Å². The first-order valence-electron chi connectivity index (χ1n) is 7.96. The topological polar surface area (TPSA) is 61.2 Å². The highest BCUT2D eigenvalue weighted by Gasteiger charge is 2.35. The van der Waals surface area contributed by atoms with E-state index in [9.17, 15) is 9.59 Å². The first kappa shape index (κ1) is 14.3. The zero-order valence-corrected chi connectivity index (χ0v) is 12.9. The Hall–Kier alpha value is -2.25. The van der Waals surface area contributed by atoms with Gasteiger partial charge in [0, 0.05) is 51.8 Å². The number of pyridine rings is 1. The van der Waals surface area contributed by atoms with Crippen molar-refractivity contribution in [1.82, 2.24) is 24.3 Å². The molecule has 0 aliphatic carbocycles. The van der Waals surface area contributed by atoms with Crippen LogP contribution in [-0.4, -0.2) is 62.3 Å². The van der Waals surface area contributed by atoms with Crippen molar-refractivity contribution in [3.05, 3.63) is 36.3 Å². The number of rotatable bonds is 3. The predicted molar refractivity (Wildman–Crippen MR) is 83.1 cm³/mol. The van der Waals surface area contributed by atoms with E-state index in [2.05, 4.69) is 14.3 Å². The van der Waals surface area contributed by atoms with Gasteiger partial charge in [-0.2, -0.15) is 0 Å². The molecule has 0 N–H and O–H groups in total. The van der Waals surface area contributed by atoms with Gasteiger partial charge in [0.1, 0.15) is 5.65 Å². The summed E-state index contributed by atoms with van der Waals surface area (Å²) < 4.78 is 2.10. The summed E-state index contributed by atoms with van der Waals surface area (Å²) in [6.07, 6.45) is 4.63. The van der Waals surface area contributed by atoms with Crippen molar-refractivity contribution in [2.75, 3.05) is 26.2 Å². The minimum Gasteiger partial charge on any atom is -0.303 e. The first-order chi connectivity index (χ1) is 11.2. The number of hydrogen-bond donors (Lipinski definition) is 0. The van der Waals surface area contributed by atoms with Crippen molar-refractivity contribution in [3.63, 3.8) is 0 Å². The molecule has 0 bridgehead atoms. The van der Waals surface area contributed by atoms with Crippen LogP contribution in [0.1, 0.15) is 18.5 Å². The molecule has 2 aliphatic rings. The largest absolute Gasteiger partial charge is 0.303 e. The van der Waals surface area contributed by atoms with E-state index in [1.807, 2.05) is 35.6 Å². The van der Waals surface area contributed by atoms with Gasteiger partial charge >= 0.3 is 0 Å². The maximum atomic E-state index is 11.8. The molecule has 2 aromatic heterocycles. The van der Waals surface area contributed by atoms with Gasteiger partial charge in [-0.15, -0.1) is 0 Å². The maximum Gasteiger partial charge on any atom is 0.244 e. The van der Waals surface area contributed by atoms with Crippen LogP contribution in [0, 0.1) is 0 Å². The molecule has 2 saturated heterocycles. The average Bonchev–Trinajstić information content (AvgIpc) is 3.13. The second-order valence-corrected chi connectivity index (χ2v) is 6.01. The fourth-order valence-corrected chi connectivity index (χ4v) is 3.31. The number of imide groups is 1. The van der Waals surface area contributed by atoms with Crippen molar-refractivity contribution in [3.8, 4) is 0 Å². The van der Waals surface area contributed by atoms with Crippen LogP contribution >= 0.6 is 0 Å². The summed E-state index contributed by atoms with van der Waals surface area (Å²) in [5.41, 5.74) is 2.11. The molecule has 7 nitrogen and oxygen atoms in total. The fourth-order valence-electron chi connectivity index (χ4n) is 3.31. The highest BCUT2D eigenvalue weighted by molar-refractivity contribution is 6.01. The molecule has 0 atom stereocenters. The second-order valence-electron chi connectivity index (χ2n) is 6.01. The molecular formula is C16H19N5O2. The molecule has 2 aromatic rings. The minimum atomic E-state index is -0.0646. The zero-order valence-electron chi connectivity index (χ0n) is 12.9. The van der Waals surface area contributed by atoms with Gasteiger partial charge in [-0.05, 0) is 12.1 Å². The Morgan fingerprint density at radius 3 is 2.48 bits per heavy atom. The van der Waals surface area contributed by atoms with Crippen LogP contribution in [0.3, 0.4) is 0 Å². The van der Waals surface area contributed by atoms with E-state index in [-0.39, 0.29) is 11.8 Å². The van der Waals surface area contributed by atoms with Gasteiger partial charge < -0.3 is 4.40 Å². The number of nitrogens with zero attached hydrogens (tertiary/aromatic N) is 5. The molecule has 0 radical (unpaired) electrons. The Morgan fingerprint density at radius 2 is 1.74 bits per heavy atom. The Balaban J connectivity index is 1.40.